The van der Waals surface area contributed by atoms with Gasteiger partial charge in [0.1, 0.15) is 0 Å². The van der Waals surface area contributed by atoms with E-state index in [1.54, 1.807) is 0 Å². The van der Waals surface area contributed by atoms with Crippen LogP contribution < -0.4 is 5.32 Å². The summed E-state index contributed by atoms with van der Waals surface area (Å²) in [5, 5.41) is 4.38. The summed E-state index contributed by atoms with van der Waals surface area (Å²) in [4.78, 5) is 0. The molecular formula is C13H18ClN. The van der Waals surface area contributed by atoms with Crippen LogP contribution >= 0.6 is 11.6 Å². The van der Waals surface area contributed by atoms with Crippen molar-refractivity contribution in [2.45, 2.75) is 38.6 Å². The molecule has 0 aromatic heterocycles. The minimum absolute atomic E-state index is 0.605. The fourth-order valence-electron chi connectivity index (χ4n) is 2.36. The van der Waals surface area contributed by atoms with Crippen LogP contribution in [0.15, 0.2) is 24.3 Å². The van der Waals surface area contributed by atoms with Crippen LogP contribution in [0.3, 0.4) is 0 Å². The number of hydrogen-bond acceptors (Lipinski definition) is 1. The maximum atomic E-state index is 6.12. The molecule has 0 spiro atoms. The lowest BCUT2D eigenvalue weighted by Gasteiger charge is -2.28. The van der Waals surface area contributed by atoms with Crippen molar-refractivity contribution in [3.05, 3.63) is 29.3 Å². The van der Waals surface area contributed by atoms with E-state index in [0.29, 0.717) is 6.04 Å². The highest BCUT2D eigenvalue weighted by Gasteiger charge is 2.18. The van der Waals surface area contributed by atoms with Crippen LogP contribution in [-0.4, -0.2) is 6.04 Å². The second kappa shape index (κ2) is 4.89. The highest BCUT2D eigenvalue weighted by Crippen LogP contribution is 2.28. The van der Waals surface area contributed by atoms with Crippen LogP contribution in [0.4, 0.5) is 5.69 Å². The van der Waals surface area contributed by atoms with E-state index in [2.05, 4.69) is 18.3 Å². The molecule has 1 aromatic carbocycles. The molecule has 2 atom stereocenters. The molecule has 1 saturated carbocycles. The molecule has 0 heterocycles. The summed E-state index contributed by atoms with van der Waals surface area (Å²) < 4.78 is 0. The van der Waals surface area contributed by atoms with Crippen molar-refractivity contribution in [3.8, 4) is 0 Å². The molecule has 1 aliphatic rings. The number of nitrogens with one attached hydrogen (secondary N) is 1. The quantitative estimate of drug-likeness (QED) is 0.787. The normalized spacial score (nSPS) is 26.3. The van der Waals surface area contributed by atoms with Gasteiger partial charge in [0.2, 0.25) is 0 Å². The van der Waals surface area contributed by atoms with Gasteiger partial charge in [-0.15, -0.1) is 0 Å². The number of rotatable bonds is 2. The molecule has 2 unspecified atom stereocenters. The predicted molar refractivity (Wildman–Crippen MR) is 66.5 cm³/mol. The predicted octanol–water partition coefficient (Wildman–Crippen LogP) is 4.33. The van der Waals surface area contributed by atoms with Gasteiger partial charge in [-0.05, 0) is 30.9 Å². The number of hydrogen-bond donors (Lipinski definition) is 1. The first-order valence-electron chi connectivity index (χ1n) is 5.77. The van der Waals surface area contributed by atoms with E-state index in [9.17, 15) is 0 Å². The van der Waals surface area contributed by atoms with Crippen LogP contribution in [0, 0.1) is 5.92 Å². The number of halogens is 1. The molecular weight excluding hydrogens is 206 g/mol. The Morgan fingerprint density at radius 2 is 2.07 bits per heavy atom. The van der Waals surface area contributed by atoms with Crippen molar-refractivity contribution >= 4 is 17.3 Å². The van der Waals surface area contributed by atoms with Gasteiger partial charge in [-0.1, -0.05) is 43.5 Å². The molecule has 1 N–H and O–H groups in total. The van der Waals surface area contributed by atoms with Gasteiger partial charge in [-0.2, -0.15) is 0 Å². The minimum Gasteiger partial charge on any atom is -0.381 e. The van der Waals surface area contributed by atoms with Crippen LogP contribution in [0.2, 0.25) is 5.02 Å². The molecule has 82 valence electrons. The van der Waals surface area contributed by atoms with Crippen molar-refractivity contribution in [3.63, 3.8) is 0 Å². The van der Waals surface area contributed by atoms with Crippen molar-refractivity contribution in [1.82, 2.24) is 0 Å². The zero-order valence-corrected chi connectivity index (χ0v) is 9.93. The van der Waals surface area contributed by atoms with Gasteiger partial charge >= 0.3 is 0 Å². The van der Waals surface area contributed by atoms with E-state index < -0.39 is 0 Å². The van der Waals surface area contributed by atoms with E-state index in [1.807, 2.05) is 18.2 Å². The number of para-hydroxylation sites is 1. The van der Waals surface area contributed by atoms with Crippen molar-refractivity contribution < 1.29 is 0 Å². The monoisotopic (exact) mass is 223 g/mol. The van der Waals surface area contributed by atoms with Gasteiger partial charge in [0, 0.05) is 6.04 Å². The zero-order valence-electron chi connectivity index (χ0n) is 9.17. The van der Waals surface area contributed by atoms with Gasteiger partial charge in [-0.3, -0.25) is 0 Å². The second-order valence-electron chi connectivity index (χ2n) is 4.59. The first-order valence-corrected chi connectivity index (χ1v) is 6.14. The van der Waals surface area contributed by atoms with Gasteiger partial charge in [0.15, 0.2) is 0 Å². The standard InChI is InChI=1S/C13H18ClN/c1-10-5-4-6-11(9-10)15-13-8-3-2-7-12(13)14/h2-3,7-8,10-11,15H,4-6,9H2,1H3. The fraction of sp³-hybridized carbons (Fsp3) is 0.538. The summed E-state index contributed by atoms with van der Waals surface area (Å²) in [7, 11) is 0. The van der Waals surface area contributed by atoms with Crippen LogP contribution in [0.5, 0.6) is 0 Å². The Kier molecular flexibility index (Phi) is 3.53. The summed E-state index contributed by atoms with van der Waals surface area (Å²) in [5.74, 6) is 0.846. The molecule has 0 aliphatic heterocycles. The van der Waals surface area contributed by atoms with Gasteiger partial charge < -0.3 is 5.32 Å². The van der Waals surface area contributed by atoms with E-state index in [-0.39, 0.29) is 0 Å². The first-order chi connectivity index (χ1) is 7.25. The molecule has 0 radical (unpaired) electrons. The van der Waals surface area contributed by atoms with E-state index in [4.69, 9.17) is 11.6 Å². The second-order valence-corrected chi connectivity index (χ2v) is 5.00. The average molecular weight is 224 g/mol. The zero-order chi connectivity index (χ0) is 10.7. The SMILES string of the molecule is CC1CCCC(Nc2ccccc2Cl)C1. The summed E-state index contributed by atoms with van der Waals surface area (Å²) in [6.45, 7) is 2.33. The molecule has 2 rings (SSSR count). The average Bonchev–Trinajstić information content (AvgIpc) is 2.22. The van der Waals surface area contributed by atoms with Crippen molar-refractivity contribution in [2.24, 2.45) is 5.92 Å². The molecule has 1 aliphatic carbocycles. The Morgan fingerprint density at radius 3 is 2.80 bits per heavy atom. The van der Waals surface area contributed by atoms with E-state index >= 15 is 0 Å². The summed E-state index contributed by atoms with van der Waals surface area (Å²) >= 11 is 6.12. The van der Waals surface area contributed by atoms with Crippen molar-refractivity contribution in [2.75, 3.05) is 5.32 Å². The maximum absolute atomic E-state index is 6.12. The molecule has 1 aromatic rings. The molecule has 1 nitrogen and oxygen atoms in total. The highest BCUT2D eigenvalue weighted by atomic mass is 35.5. The lowest BCUT2D eigenvalue weighted by Crippen LogP contribution is -2.26. The topological polar surface area (TPSA) is 12.0 Å². The van der Waals surface area contributed by atoms with Gasteiger partial charge in [0.25, 0.3) is 0 Å². The molecule has 0 bridgehead atoms. The maximum Gasteiger partial charge on any atom is 0.0637 e. The molecule has 1 fully saturated rings. The smallest absolute Gasteiger partial charge is 0.0637 e. The Balaban J connectivity index is 1.99. The van der Waals surface area contributed by atoms with Gasteiger partial charge in [0.05, 0.1) is 10.7 Å². The van der Waals surface area contributed by atoms with Crippen LogP contribution in [-0.2, 0) is 0 Å². The largest absolute Gasteiger partial charge is 0.381 e. The number of anilines is 1. The fourth-order valence-corrected chi connectivity index (χ4v) is 2.55. The first kappa shape index (κ1) is 10.8. The third kappa shape index (κ3) is 2.88. The van der Waals surface area contributed by atoms with E-state index in [0.717, 1.165) is 16.6 Å². The lowest BCUT2D eigenvalue weighted by atomic mass is 9.87. The third-order valence-corrected chi connectivity index (χ3v) is 3.50. The third-order valence-electron chi connectivity index (χ3n) is 3.17. The summed E-state index contributed by atoms with van der Waals surface area (Å²) in [6, 6.07) is 8.60. The lowest BCUT2D eigenvalue weighted by molar-refractivity contribution is 0.358. The molecule has 2 heteroatoms. The molecule has 0 amide bonds. The Labute approximate surface area is 96.8 Å². The summed E-state index contributed by atoms with van der Waals surface area (Å²) in [5.41, 5.74) is 1.08. The van der Waals surface area contributed by atoms with Crippen molar-refractivity contribution in [1.29, 1.82) is 0 Å². The molecule has 15 heavy (non-hydrogen) atoms. The van der Waals surface area contributed by atoms with Crippen LogP contribution in [0.25, 0.3) is 0 Å². The summed E-state index contributed by atoms with van der Waals surface area (Å²) in [6.07, 6.45) is 5.25. The van der Waals surface area contributed by atoms with Crippen LogP contribution in [0.1, 0.15) is 32.6 Å². The highest BCUT2D eigenvalue weighted by molar-refractivity contribution is 6.33. The molecule has 0 saturated heterocycles. The van der Waals surface area contributed by atoms with E-state index in [1.165, 1.54) is 25.7 Å². The Morgan fingerprint density at radius 1 is 1.27 bits per heavy atom. The van der Waals surface area contributed by atoms with Gasteiger partial charge in [-0.25, -0.2) is 0 Å². The minimum atomic E-state index is 0.605. The Bertz CT molecular complexity index is 324. The Hall–Kier alpha value is -0.690. The number of benzene rings is 1.